The summed E-state index contributed by atoms with van der Waals surface area (Å²) in [5, 5.41) is 3.71. The van der Waals surface area contributed by atoms with Crippen molar-refractivity contribution in [3.8, 4) is 0 Å². The average molecular weight is 261 g/mol. The third-order valence-corrected chi connectivity index (χ3v) is 3.97. The van der Waals surface area contributed by atoms with Gasteiger partial charge in [0, 0.05) is 18.7 Å². The second-order valence-corrected chi connectivity index (χ2v) is 5.84. The van der Waals surface area contributed by atoms with Crippen LogP contribution in [0.2, 0.25) is 0 Å². The Morgan fingerprint density at radius 3 is 2.84 bits per heavy atom. The molecule has 0 amide bonds. The predicted molar refractivity (Wildman–Crippen MR) is 80.5 cm³/mol. The molecule has 0 heterocycles. The summed E-state index contributed by atoms with van der Waals surface area (Å²) in [5.41, 5.74) is 2.81. The molecule has 1 atom stereocenters. The number of rotatable bonds is 7. The first-order valence-electron chi connectivity index (χ1n) is 7.60. The first-order valence-corrected chi connectivity index (χ1v) is 7.60. The van der Waals surface area contributed by atoms with E-state index in [2.05, 4.69) is 50.4 Å². The number of hydrogen-bond donors (Lipinski definition) is 1. The molecule has 0 aromatic heterocycles. The summed E-state index contributed by atoms with van der Waals surface area (Å²) in [7, 11) is 0. The largest absolute Gasteiger partial charge is 0.378 e. The highest BCUT2D eigenvalue weighted by Crippen LogP contribution is 2.24. The Labute approximate surface area is 117 Å². The maximum absolute atomic E-state index is 5.59. The van der Waals surface area contributed by atoms with Crippen molar-refractivity contribution in [2.75, 3.05) is 6.61 Å². The molecule has 1 saturated carbocycles. The Balaban J connectivity index is 1.64. The van der Waals surface area contributed by atoms with Gasteiger partial charge in [-0.1, -0.05) is 29.8 Å². The van der Waals surface area contributed by atoms with Crippen LogP contribution < -0.4 is 5.32 Å². The minimum atomic E-state index is 0.506. The van der Waals surface area contributed by atoms with E-state index in [0.29, 0.717) is 18.2 Å². The van der Waals surface area contributed by atoms with Gasteiger partial charge >= 0.3 is 0 Å². The molecule has 0 radical (unpaired) electrons. The lowest BCUT2D eigenvalue weighted by molar-refractivity contribution is -0.0121. The quantitative estimate of drug-likeness (QED) is 0.811. The van der Waals surface area contributed by atoms with Crippen LogP contribution in [0, 0.1) is 6.92 Å². The summed E-state index contributed by atoms with van der Waals surface area (Å²) in [6.45, 7) is 7.38. The molecule has 2 rings (SSSR count). The topological polar surface area (TPSA) is 21.3 Å². The van der Waals surface area contributed by atoms with Gasteiger partial charge in [0.1, 0.15) is 0 Å². The molecular weight excluding hydrogens is 234 g/mol. The second kappa shape index (κ2) is 7.06. The van der Waals surface area contributed by atoms with E-state index in [9.17, 15) is 0 Å². The van der Waals surface area contributed by atoms with E-state index in [1.807, 2.05) is 0 Å². The fourth-order valence-electron chi connectivity index (χ4n) is 2.81. The lowest BCUT2D eigenvalue weighted by atomic mass is 9.88. The van der Waals surface area contributed by atoms with Crippen molar-refractivity contribution in [1.29, 1.82) is 0 Å². The SMILES string of the molecule is CCOC1CC(NC(C)CCc2cccc(C)c2)C1. The fourth-order valence-corrected chi connectivity index (χ4v) is 2.81. The van der Waals surface area contributed by atoms with Crippen LogP contribution in [-0.2, 0) is 11.2 Å². The molecule has 106 valence electrons. The van der Waals surface area contributed by atoms with Gasteiger partial charge in [0.2, 0.25) is 0 Å². The molecule has 0 bridgehead atoms. The van der Waals surface area contributed by atoms with Gasteiger partial charge < -0.3 is 10.1 Å². The number of hydrogen-bond acceptors (Lipinski definition) is 2. The van der Waals surface area contributed by atoms with Crippen LogP contribution >= 0.6 is 0 Å². The van der Waals surface area contributed by atoms with Crippen molar-refractivity contribution in [3.05, 3.63) is 35.4 Å². The van der Waals surface area contributed by atoms with Crippen LogP contribution in [0.25, 0.3) is 0 Å². The molecule has 1 aromatic carbocycles. The van der Waals surface area contributed by atoms with Gasteiger partial charge in [-0.2, -0.15) is 0 Å². The first kappa shape index (κ1) is 14.5. The van der Waals surface area contributed by atoms with Gasteiger partial charge in [-0.05, 0) is 52.0 Å². The second-order valence-electron chi connectivity index (χ2n) is 5.84. The predicted octanol–water partition coefficient (Wildman–Crippen LogP) is 3.47. The van der Waals surface area contributed by atoms with Crippen molar-refractivity contribution in [2.24, 2.45) is 0 Å². The molecule has 0 aliphatic heterocycles. The third-order valence-electron chi connectivity index (χ3n) is 3.97. The fraction of sp³-hybridized carbons (Fsp3) is 0.647. The summed E-state index contributed by atoms with van der Waals surface area (Å²) in [6, 6.07) is 10.1. The highest BCUT2D eigenvalue weighted by atomic mass is 16.5. The maximum Gasteiger partial charge on any atom is 0.0604 e. The van der Waals surface area contributed by atoms with Gasteiger partial charge in [0.05, 0.1) is 6.10 Å². The molecule has 0 saturated heterocycles. The Hall–Kier alpha value is -0.860. The normalized spacial score (nSPS) is 23.9. The van der Waals surface area contributed by atoms with Crippen molar-refractivity contribution < 1.29 is 4.74 Å². The van der Waals surface area contributed by atoms with Gasteiger partial charge in [-0.3, -0.25) is 0 Å². The van der Waals surface area contributed by atoms with E-state index in [0.717, 1.165) is 13.0 Å². The van der Waals surface area contributed by atoms with Crippen molar-refractivity contribution in [1.82, 2.24) is 5.32 Å². The third kappa shape index (κ3) is 4.63. The lowest BCUT2D eigenvalue weighted by Gasteiger charge is -2.37. The smallest absolute Gasteiger partial charge is 0.0604 e. The molecule has 1 aromatic rings. The Morgan fingerprint density at radius 1 is 1.37 bits per heavy atom. The van der Waals surface area contributed by atoms with E-state index in [1.165, 1.54) is 30.4 Å². The standard InChI is InChI=1S/C17H27NO/c1-4-19-17-11-16(12-17)18-14(3)8-9-15-7-5-6-13(2)10-15/h5-7,10,14,16-18H,4,8-9,11-12H2,1-3H3. The van der Waals surface area contributed by atoms with Crippen LogP contribution in [-0.4, -0.2) is 24.8 Å². The van der Waals surface area contributed by atoms with Crippen LogP contribution in [0.4, 0.5) is 0 Å². The zero-order valence-corrected chi connectivity index (χ0v) is 12.5. The average Bonchev–Trinajstić information content (AvgIpc) is 2.34. The van der Waals surface area contributed by atoms with Gasteiger partial charge in [0.25, 0.3) is 0 Å². The number of aryl methyl sites for hydroxylation is 2. The Kier molecular flexibility index (Phi) is 5.41. The molecule has 2 heteroatoms. The number of nitrogens with one attached hydrogen (secondary N) is 1. The maximum atomic E-state index is 5.59. The molecule has 0 spiro atoms. The lowest BCUT2D eigenvalue weighted by Crippen LogP contribution is -2.48. The van der Waals surface area contributed by atoms with Crippen LogP contribution in [0.3, 0.4) is 0 Å². The Morgan fingerprint density at radius 2 is 2.16 bits per heavy atom. The van der Waals surface area contributed by atoms with Gasteiger partial charge in [-0.15, -0.1) is 0 Å². The summed E-state index contributed by atoms with van der Waals surface area (Å²) >= 11 is 0. The molecule has 1 fully saturated rings. The molecule has 1 unspecified atom stereocenters. The number of ether oxygens (including phenoxy) is 1. The minimum Gasteiger partial charge on any atom is -0.378 e. The highest BCUT2D eigenvalue weighted by molar-refractivity contribution is 5.22. The van der Waals surface area contributed by atoms with Crippen LogP contribution in [0.5, 0.6) is 0 Å². The highest BCUT2D eigenvalue weighted by Gasteiger charge is 2.29. The summed E-state index contributed by atoms with van der Waals surface area (Å²) in [5.74, 6) is 0. The zero-order valence-electron chi connectivity index (χ0n) is 12.5. The Bertz CT molecular complexity index is 385. The van der Waals surface area contributed by atoms with E-state index in [4.69, 9.17) is 4.74 Å². The van der Waals surface area contributed by atoms with Crippen LogP contribution in [0.15, 0.2) is 24.3 Å². The first-order chi connectivity index (χ1) is 9.17. The molecule has 1 N–H and O–H groups in total. The van der Waals surface area contributed by atoms with Crippen LogP contribution in [0.1, 0.15) is 44.2 Å². The van der Waals surface area contributed by atoms with E-state index < -0.39 is 0 Å². The number of benzene rings is 1. The minimum absolute atomic E-state index is 0.506. The zero-order chi connectivity index (χ0) is 13.7. The van der Waals surface area contributed by atoms with Gasteiger partial charge in [-0.25, -0.2) is 0 Å². The van der Waals surface area contributed by atoms with Crippen molar-refractivity contribution in [2.45, 2.75) is 64.6 Å². The van der Waals surface area contributed by atoms with Crippen molar-refractivity contribution in [3.63, 3.8) is 0 Å². The summed E-state index contributed by atoms with van der Waals surface area (Å²) < 4.78 is 5.59. The van der Waals surface area contributed by atoms with E-state index in [-0.39, 0.29) is 0 Å². The molecular formula is C17H27NO. The summed E-state index contributed by atoms with van der Waals surface area (Å²) in [4.78, 5) is 0. The monoisotopic (exact) mass is 261 g/mol. The summed E-state index contributed by atoms with van der Waals surface area (Å²) in [6.07, 6.45) is 5.24. The molecule has 2 nitrogen and oxygen atoms in total. The molecule has 1 aliphatic carbocycles. The van der Waals surface area contributed by atoms with Crippen molar-refractivity contribution >= 4 is 0 Å². The molecule has 19 heavy (non-hydrogen) atoms. The molecule has 1 aliphatic rings. The van der Waals surface area contributed by atoms with E-state index >= 15 is 0 Å². The van der Waals surface area contributed by atoms with Gasteiger partial charge in [0.15, 0.2) is 0 Å². The van der Waals surface area contributed by atoms with E-state index in [1.54, 1.807) is 0 Å².